The third-order valence-electron chi connectivity index (χ3n) is 5.70. The van der Waals surface area contributed by atoms with E-state index in [1.54, 1.807) is 28.6 Å². The van der Waals surface area contributed by atoms with Gasteiger partial charge < -0.3 is 4.74 Å². The van der Waals surface area contributed by atoms with Gasteiger partial charge in [0.15, 0.2) is 0 Å². The lowest BCUT2D eigenvalue weighted by Crippen LogP contribution is -2.49. The Morgan fingerprint density at radius 3 is 1.69 bits per heavy atom. The van der Waals surface area contributed by atoms with E-state index in [9.17, 15) is 8.42 Å². The fourth-order valence-electron chi connectivity index (χ4n) is 4.20. The molecular formula is C26H30N2O3S. The van der Waals surface area contributed by atoms with Crippen molar-refractivity contribution >= 4 is 10.0 Å². The van der Waals surface area contributed by atoms with E-state index in [1.165, 1.54) is 11.1 Å². The van der Waals surface area contributed by atoms with Crippen LogP contribution in [0.3, 0.4) is 0 Å². The molecule has 0 radical (unpaired) electrons. The maximum absolute atomic E-state index is 13.2. The summed E-state index contributed by atoms with van der Waals surface area (Å²) in [6.45, 7) is 6.15. The topological polar surface area (TPSA) is 49.9 Å². The zero-order valence-electron chi connectivity index (χ0n) is 18.6. The summed E-state index contributed by atoms with van der Waals surface area (Å²) in [5, 5.41) is 0. The van der Waals surface area contributed by atoms with Crippen LogP contribution >= 0.6 is 0 Å². The normalized spacial score (nSPS) is 15.9. The van der Waals surface area contributed by atoms with Gasteiger partial charge in [0.05, 0.1) is 17.0 Å². The van der Waals surface area contributed by atoms with Gasteiger partial charge in [0.2, 0.25) is 10.0 Å². The van der Waals surface area contributed by atoms with Gasteiger partial charge in [0.25, 0.3) is 0 Å². The molecule has 0 saturated carbocycles. The van der Waals surface area contributed by atoms with Gasteiger partial charge in [-0.25, -0.2) is 8.42 Å². The van der Waals surface area contributed by atoms with E-state index in [0.717, 1.165) is 0 Å². The highest BCUT2D eigenvalue weighted by Gasteiger charge is 2.32. The highest BCUT2D eigenvalue weighted by atomic mass is 32.2. The summed E-state index contributed by atoms with van der Waals surface area (Å²) < 4.78 is 33.6. The second-order valence-electron chi connectivity index (χ2n) is 8.30. The van der Waals surface area contributed by atoms with Crippen LogP contribution in [-0.4, -0.2) is 49.9 Å². The monoisotopic (exact) mass is 450 g/mol. The molecule has 1 heterocycles. The first kappa shape index (κ1) is 22.5. The third-order valence-corrected chi connectivity index (χ3v) is 7.62. The summed E-state index contributed by atoms with van der Waals surface area (Å²) in [5.74, 6) is 0.678. The molecule has 6 heteroatoms. The average Bonchev–Trinajstić information content (AvgIpc) is 2.81. The molecule has 1 fully saturated rings. The molecule has 1 saturated heterocycles. The van der Waals surface area contributed by atoms with Crippen molar-refractivity contribution in [3.05, 3.63) is 96.1 Å². The van der Waals surface area contributed by atoms with Crippen LogP contribution in [0.25, 0.3) is 0 Å². The van der Waals surface area contributed by atoms with Crippen LogP contribution in [0.4, 0.5) is 0 Å². The maximum Gasteiger partial charge on any atom is 0.243 e. The van der Waals surface area contributed by atoms with Crippen molar-refractivity contribution in [2.24, 2.45) is 0 Å². The molecule has 168 valence electrons. The average molecular weight is 451 g/mol. The van der Waals surface area contributed by atoms with Gasteiger partial charge >= 0.3 is 0 Å². The Hall–Kier alpha value is -2.67. The van der Waals surface area contributed by atoms with Crippen molar-refractivity contribution < 1.29 is 13.2 Å². The van der Waals surface area contributed by atoms with Crippen molar-refractivity contribution in [1.82, 2.24) is 9.21 Å². The minimum Gasteiger partial charge on any atom is -0.491 e. The third kappa shape index (κ3) is 5.04. The number of rotatable bonds is 7. The quantitative estimate of drug-likeness (QED) is 0.529. The summed E-state index contributed by atoms with van der Waals surface area (Å²) in [6.07, 6.45) is 0.0488. The molecule has 3 aromatic carbocycles. The molecule has 4 rings (SSSR count). The van der Waals surface area contributed by atoms with Crippen LogP contribution in [0.5, 0.6) is 5.75 Å². The zero-order valence-corrected chi connectivity index (χ0v) is 19.4. The molecule has 0 aliphatic carbocycles. The Labute approximate surface area is 191 Å². The number of hydrogen-bond acceptors (Lipinski definition) is 4. The van der Waals surface area contributed by atoms with E-state index in [2.05, 4.69) is 53.4 Å². The standard InChI is InChI=1S/C26H30N2O3S/c1-21(2)31-24-13-15-25(16-14-24)32(29,30)28-19-17-27(18-20-28)26(22-9-5-3-6-10-22)23-11-7-4-8-12-23/h3-16,21,26H,17-20H2,1-2H3. The van der Waals surface area contributed by atoms with E-state index < -0.39 is 10.0 Å². The number of nitrogens with zero attached hydrogens (tertiary/aromatic N) is 2. The largest absolute Gasteiger partial charge is 0.491 e. The molecule has 5 nitrogen and oxygen atoms in total. The van der Waals surface area contributed by atoms with Gasteiger partial charge in [-0.2, -0.15) is 4.31 Å². The van der Waals surface area contributed by atoms with E-state index >= 15 is 0 Å². The summed E-state index contributed by atoms with van der Waals surface area (Å²) in [6, 6.07) is 27.7. The molecule has 0 aromatic heterocycles. The van der Waals surface area contributed by atoms with E-state index in [4.69, 9.17) is 4.74 Å². The first-order chi connectivity index (χ1) is 15.4. The van der Waals surface area contributed by atoms with E-state index in [1.807, 2.05) is 26.0 Å². The van der Waals surface area contributed by atoms with Gasteiger partial charge in [-0.05, 0) is 49.2 Å². The highest BCUT2D eigenvalue weighted by molar-refractivity contribution is 7.89. The van der Waals surface area contributed by atoms with Crippen LogP contribution in [0.15, 0.2) is 89.8 Å². The molecule has 32 heavy (non-hydrogen) atoms. The molecule has 0 N–H and O–H groups in total. The van der Waals surface area contributed by atoms with Crippen molar-refractivity contribution in [3.63, 3.8) is 0 Å². The van der Waals surface area contributed by atoms with Crippen molar-refractivity contribution in [1.29, 1.82) is 0 Å². The van der Waals surface area contributed by atoms with Gasteiger partial charge in [0.1, 0.15) is 5.75 Å². The second-order valence-corrected chi connectivity index (χ2v) is 10.2. The van der Waals surface area contributed by atoms with Crippen LogP contribution in [-0.2, 0) is 10.0 Å². The lowest BCUT2D eigenvalue weighted by molar-refractivity contribution is 0.156. The predicted octanol–water partition coefficient (Wildman–Crippen LogP) is 4.57. The fraction of sp³-hybridized carbons (Fsp3) is 0.308. The first-order valence-corrected chi connectivity index (χ1v) is 12.5. The number of ether oxygens (including phenoxy) is 1. The number of piperazine rings is 1. The molecule has 0 amide bonds. The number of sulfonamides is 1. The Balaban J connectivity index is 1.50. The van der Waals surface area contributed by atoms with Crippen LogP contribution in [0.2, 0.25) is 0 Å². The fourth-order valence-corrected chi connectivity index (χ4v) is 5.62. The van der Waals surface area contributed by atoms with E-state index in [-0.39, 0.29) is 12.1 Å². The SMILES string of the molecule is CC(C)Oc1ccc(S(=O)(=O)N2CCN(C(c3ccccc3)c3ccccc3)CC2)cc1. The van der Waals surface area contributed by atoms with Crippen molar-refractivity contribution in [3.8, 4) is 5.75 Å². The smallest absolute Gasteiger partial charge is 0.243 e. The van der Waals surface area contributed by atoms with Gasteiger partial charge in [0, 0.05) is 26.2 Å². The Kier molecular flexibility index (Phi) is 6.94. The minimum absolute atomic E-state index is 0.0488. The summed E-state index contributed by atoms with van der Waals surface area (Å²) >= 11 is 0. The minimum atomic E-state index is -3.53. The second kappa shape index (κ2) is 9.86. The van der Waals surface area contributed by atoms with Crippen molar-refractivity contribution in [2.75, 3.05) is 26.2 Å². The zero-order chi connectivity index (χ0) is 22.6. The van der Waals surface area contributed by atoms with Crippen LogP contribution < -0.4 is 4.74 Å². The molecular weight excluding hydrogens is 420 g/mol. The molecule has 0 bridgehead atoms. The van der Waals surface area contributed by atoms with Crippen LogP contribution in [0.1, 0.15) is 31.0 Å². The molecule has 0 spiro atoms. The maximum atomic E-state index is 13.2. The van der Waals surface area contributed by atoms with Crippen LogP contribution in [0, 0.1) is 0 Å². The highest BCUT2D eigenvalue weighted by Crippen LogP contribution is 2.30. The molecule has 1 aliphatic heterocycles. The molecule has 3 aromatic rings. The lowest BCUT2D eigenvalue weighted by Gasteiger charge is -2.39. The Morgan fingerprint density at radius 1 is 0.719 bits per heavy atom. The Morgan fingerprint density at radius 2 is 1.22 bits per heavy atom. The molecule has 0 unspecified atom stereocenters. The lowest BCUT2D eigenvalue weighted by atomic mass is 9.96. The Bertz CT molecular complexity index is 1050. The van der Waals surface area contributed by atoms with Gasteiger partial charge in [-0.3, -0.25) is 4.90 Å². The summed E-state index contributed by atoms with van der Waals surface area (Å²) in [4.78, 5) is 2.68. The van der Waals surface area contributed by atoms with Gasteiger partial charge in [-0.1, -0.05) is 60.7 Å². The first-order valence-electron chi connectivity index (χ1n) is 11.1. The van der Waals surface area contributed by atoms with Crippen molar-refractivity contribution in [2.45, 2.75) is 30.9 Å². The number of hydrogen-bond donors (Lipinski definition) is 0. The van der Waals surface area contributed by atoms with Gasteiger partial charge in [-0.15, -0.1) is 0 Å². The molecule has 0 atom stereocenters. The summed E-state index contributed by atoms with van der Waals surface area (Å²) in [7, 11) is -3.53. The van der Waals surface area contributed by atoms with E-state index in [0.29, 0.717) is 36.8 Å². The predicted molar refractivity (Wildman–Crippen MR) is 127 cm³/mol. The summed E-state index contributed by atoms with van der Waals surface area (Å²) in [5.41, 5.74) is 2.44. The number of benzene rings is 3. The molecule has 1 aliphatic rings.